The van der Waals surface area contributed by atoms with Crippen molar-refractivity contribution in [2.24, 2.45) is 0 Å². The van der Waals surface area contributed by atoms with Gasteiger partial charge in [0.25, 0.3) is 0 Å². The van der Waals surface area contributed by atoms with Crippen LogP contribution < -0.4 is 9.62 Å². The average Bonchev–Trinajstić information content (AvgIpc) is 3.28. The van der Waals surface area contributed by atoms with Gasteiger partial charge in [-0.25, -0.2) is 8.42 Å². The lowest BCUT2D eigenvalue weighted by atomic mass is 10.1. The number of anilines is 1. The lowest BCUT2D eigenvalue weighted by molar-refractivity contribution is -0.139. The van der Waals surface area contributed by atoms with E-state index in [0.29, 0.717) is 5.69 Å². The van der Waals surface area contributed by atoms with Gasteiger partial charge >= 0.3 is 0 Å². The van der Waals surface area contributed by atoms with Crippen molar-refractivity contribution in [3.63, 3.8) is 0 Å². The van der Waals surface area contributed by atoms with Gasteiger partial charge in [0.2, 0.25) is 21.8 Å². The third kappa shape index (κ3) is 6.32. The van der Waals surface area contributed by atoms with E-state index in [1.54, 1.807) is 37.3 Å². The van der Waals surface area contributed by atoms with E-state index in [1.165, 1.54) is 4.90 Å². The number of amides is 2. The second-order valence-electron chi connectivity index (χ2n) is 8.28. The van der Waals surface area contributed by atoms with Gasteiger partial charge in [-0.15, -0.1) is 0 Å². The minimum Gasteiger partial charge on any atom is -0.352 e. The summed E-state index contributed by atoms with van der Waals surface area (Å²) < 4.78 is 26.0. The Morgan fingerprint density at radius 2 is 1.56 bits per heavy atom. The third-order valence-corrected chi connectivity index (χ3v) is 6.93. The standard InChI is InChI=1S/C24H31N3O4S/c1-19(24(29)25-21-13-9-10-14-21)26(17-20-11-5-3-6-12-20)23(28)18-27(32(2,30)31)22-15-7-4-8-16-22/h3-8,11-12,15-16,19,21H,9-10,13-14,17-18H2,1-2H3,(H,25,29)/t19-/m0/s1. The van der Waals surface area contributed by atoms with Gasteiger partial charge < -0.3 is 10.2 Å². The van der Waals surface area contributed by atoms with Crippen molar-refractivity contribution in [3.05, 3.63) is 66.2 Å². The number of para-hydroxylation sites is 1. The molecule has 2 aromatic rings. The van der Waals surface area contributed by atoms with Gasteiger partial charge in [0, 0.05) is 12.6 Å². The summed E-state index contributed by atoms with van der Waals surface area (Å²) in [6, 6.07) is 17.3. The molecule has 1 saturated carbocycles. The van der Waals surface area contributed by atoms with Gasteiger partial charge in [0.1, 0.15) is 12.6 Å². The van der Waals surface area contributed by atoms with Crippen molar-refractivity contribution in [1.82, 2.24) is 10.2 Å². The molecule has 172 valence electrons. The monoisotopic (exact) mass is 457 g/mol. The van der Waals surface area contributed by atoms with Gasteiger partial charge in [-0.2, -0.15) is 0 Å². The highest BCUT2D eigenvalue weighted by Crippen LogP contribution is 2.20. The maximum absolute atomic E-state index is 13.4. The Labute approximate surface area is 190 Å². The van der Waals surface area contributed by atoms with Crippen LogP contribution in [0.15, 0.2) is 60.7 Å². The summed E-state index contributed by atoms with van der Waals surface area (Å²) in [5.41, 5.74) is 1.28. The fourth-order valence-corrected chi connectivity index (χ4v) is 4.81. The van der Waals surface area contributed by atoms with Gasteiger partial charge in [0.15, 0.2) is 0 Å². The molecule has 1 fully saturated rings. The Bertz CT molecular complexity index is 1010. The molecule has 3 rings (SSSR count). The SMILES string of the molecule is C[C@@H](C(=O)NC1CCCC1)N(Cc1ccccc1)C(=O)CN(c1ccccc1)S(C)(=O)=O. The second-order valence-corrected chi connectivity index (χ2v) is 10.2. The molecule has 0 radical (unpaired) electrons. The molecular weight excluding hydrogens is 426 g/mol. The zero-order valence-electron chi connectivity index (χ0n) is 18.6. The number of rotatable bonds is 9. The Morgan fingerprint density at radius 1 is 1.00 bits per heavy atom. The van der Waals surface area contributed by atoms with E-state index in [4.69, 9.17) is 0 Å². The first kappa shape index (κ1) is 23.8. The van der Waals surface area contributed by atoms with E-state index < -0.39 is 22.0 Å². The van der Waals surface area contributed by atoms with E-state index in [2.05, 4.69) is 5.32 Å². The number of carbonyl (C=O) groups excluding carboxylic acids is 2. The van der Waals surface area contributed by atoms with Gasteiger partial charge in [-0.05, 0) is 37.5 Å². The van der Waals surface area contributed by atoms with E-state index in [-0.39, 0.29) is 25.0 Å². The Kier molecular flexibility index (Phi) is 7.90. The molecule has 0 heterocycles. The van der Waals surface area contributed by atoms with Crippen LogP contribution >= 0.6 is 0 Å². The van der Waals surface area contributed by atoms with Crippen LogP contribution in [-0.4, -0.2) is 50.0 Å². The van der Waals surface area contributed by atoms with Crippen LogP contribution in [0.2, 0.25) is 0 Å². The summed E-state index contributed by atoms with van der Waals surface area (Å²) in [7, 11) is -3.70. The molecule has 0 bridgehead atoms. The smallest absolute Gasteiger partial charge is 0.244 e. The molecule has 0 spiro atoms. The predicted molar refractivity (Wildman–Crippen MR) is 125 cm³/mol. The Hall–Kier alpha value is -2.87. The summed E-state index contributed by atoms with van der Waals surface area (Å²) in [4.78, 5) is 27.8. The maximum atomic E-state index is 13.4. The highest BCUT2D eigenvalue weighted by molar-refractivity contribution is 7.92. The van der Waals surface area contributed by atoms with E-state index >= 15 is 0 Å². The highest BCUT2D eigenvalue weighted by atomic mass is 32.2. The molecule has 2 amide bonds. The maximum Gasteiger partial charge on any atom is 0.244 e. The average molecular weight is 458 g/mol. The first-order valence-corrected chi connectivity index (χ1v) is 12.8. The Morgan fingerprint density at radius 3 is 2.12 bits per heavy atom. The highest BCUT2D eigenvalue weighted by Gasteiger charge is 2.31. The summed E-state index contributed by atoms with van der Waals surface area (Å²) in [6.45, 7) is 1.53. The summed E-state index contributed by atoms with van der Waals surface area (Å²) in [5.74, 6) is -0.649. The fourth-order valence-electron chi connectivity index (χ4n) is 3.96. The molecule has 1 N–H and O–H groups in total. The van der Waals surface area contributed by atoms with Crippen molar-refractivity contribution in [1.29, 1.82) is 0 Å². The van der Waals surface area contributed by atoms with Crippen LogP contribution in [0, 0.1) is 0 Å². The number of sulfonamides is 1. The molecule has 1 aliphatic carbocycles. The van der Waals surface area contributed by atoms with Crippen LogP contribution in [-0.2, 0) is 26.2 Å². The molecule has 0 saturated heterocycles. The number of carbonyl (C=O) groups is 2. The number of nitrogens with one attached hydrogen (secondary N) is 1. The number of nitrogens with zero attached hydrogens (tertiary/aromatic N) is 2. The summed E-state index contributed by atoms with van der Waals surface area (Å²) in [6.07, 6.45) is 5.14. The fraction of sp³-hybridized carbons (Fsp3) is 0.417. The predicted octanol–water partition coefficient (Wildman–Crippen LogP) is 2.93. The number of hydrogen-bond acceptors (Lipinski definition) is 4. The molecule has 0 aliphatic heterocycles. The van der Waals surface area contributed by atoms with Gasteiger partial charge in [-0.3, -0.25) is 13.9 Å². The summed E-state index contributed by atoms with van der Waals surface area (Å²) in [5, 5.41) is 3.05. The minimum absolute atomic E-state index is 0.135. The molecule has 2 aromatic carbocycles. The van der Waals surface area contributed by atoms with E-state index in [0.717, 1.165) is 41.8 Å². The lowest BCUT2D eigenvalue weighted by Gasteiger charge is -2.32. The molecule has 0 unspecified atom stereocenters. The molecular formula is C24H31N3O4S. The third-order valence-electron chi connectivity index (χ3n) is 5.79. The zero-order valence-corrected chi connectivity index (χ0v) is 19.4. The quantitative estimate of drug-likeness (QED) is 0.627. The number of hydrogen-bond donors (Lipinski definition) is 1. The minimum atomic E-state index is -3.70. The molecule has 0 aromatic heterocycles. The Balaban J connectivity index is 1.83. The van der Waals surface area contributed by atoms with Crippen LogP contribution in [0.3, 0.4) is 0 Å². The number of benzene rings is 2. The largest absolute Gasteiger partial charge is 0.352 e. The van der Waals surface area contributed by atoms with E-state index in [9.17, 15) is 18.0 Å². The normalized spacial score (nSPS) is 15.2. The zero-order chi connectivity index (χ0) is 23.1. The molecule has 8 heteroatoms. The molecule has 1 atom stereocenters. The van der Waals surface area contributed by atoms with E-state index in [1.807, 2.05) is 30.3 Å². The van der Waals surface area contributed by atoms with Crippen molar-refractivity contribution in [3.8, 4) is 0 Å². The van der Waals surface area contributed by atoms with Crippen molar-refractivity contribution in [2.45, 2.75) is 51.2 Å². The van der Waals surface area contributed by atoms with Crippen LogP contribution in [0.25, 0.3) is 0 Å². The van der Waals surface area contributed by atoms with Gasteiger partial charge in [0.05, 0.1) is 11.9 Å². The van der Waals surface area contributed by atoms with Crippen molar-refractivity contribution < 1.29 is 18.0 Å². The van der Waals surface area contributed by atoms with Crippen LogP contribution in [0.5, 0.6) is 0 Å². The van der Waals surface area contributed by atoms with Crippen LogP contribution in [0.1, 0.15) is 38.2 Å². The summed E-state index contributed by atoms with van der Waals surface area (Å²) >= 11 is 0. The van der Waals surface area contributed by atoms with Crippen LogP contribution in [0.4, 0.5) is 5.69 Å². The van der Waals surface area contributed by atoms with Crippen molar-refractivity contribution in [2.75, 3.05) is 17.1 Å². The topological polar surface area (TPSA) is 86.8 Å². The first-order valence-electron chi connectivity index (χ1n) is 10.9. The molecule has 32 heavy (non-hydrogen) atoms. The molecule has 1 aliphatic rings. The lowest BCUT2D eigenvalue weighted by Crippen LogP contribution is -2.52. The van der Waals surface area contributed by atoms with Crippen molar-refractivity contribution >= 4 is 27.5 Å². The van der Waals surface area contributed by atoms with Gasteiger partial charge in [-0.1, -0.05) is 61.4 Å². The molecule has 7 nitrogen and oxygen atoms in total. The second kappa shape index (κ2) is 10.6. The first-order chi connectivity index (χ1) is 15.3.